The molecule has 0 saturated carbocycles. The highest BCUT2D eigenvalue weighted by molar-refractivity contribution is 6.02. The maximum absolute atomic E-state index is 13.5. The summed E-state index contributed by atoms with van der Waals surface area (Å²) >= 11 is 0. The number of carbonyl (C=O) groups excluding carboxylic acids is 2. The first-order valence-corrected chi connectivity index (χ1v) is 7.55. The molecule has 25 heavy (non-hydrogen) atoms. The Morgan fingerprint density at radius 1 is 1.04 bits per heavy atom. The van der Waals surface area contributed by atoms with Crippen molar-refractivity contribution in [2.75, 3.05) is 5.32 Å². The lowest BCUT2D eigenvalue weighted by molar-refractivity contribution is -0.122. The number of rotatable bonds is 5. The van der Waals surface area contributed by atoms with Crippen LogP contribution in [0, 0.1) is 11.6 Å². The maximum atomic E-state index is 13.5. The first-order chi connectivity index (χ1) is 11.7. The molecule has 2 amide bonds. The number of halogens is 2. The summed E-state index contributed by atoms with van der Waals surface area (Å²) in [4.78, 5) is 23.3. The number of nitrogens with two attached hydrogens (primary N) is 1. The second kappa shape index (κ2) is 7.25. The average molecular weight is 344 g/mol. The number of hydrogen-bond donors (Lipinski definition) is 2. The summed E-state index contributed by atoms with van der Waals surface area (Å²) < 4.78 is 27.0. The number of primary amides is 1. The van der Waals surface area contributed by atoms with Crippen LogP contribution in [0.4, 0.5) is 14.5 Å². The smallest absolute Gasteiger partial charge is 0.248 e. The molecule has 0 fully saturated rings. The second-order valence-corrected chi connectivity index (χ2v) is 6.02. The van der Waals surface area contributed by atoms with E-state index in [9.17, 15) is 18.4 Å². The Morgan fingerprint density at radius 3 is 2.12 bits per heavy atom. The molecule has 0 heterocycles. The number of benzene rings is 2. The van der Waals surface area contributed by atoms with E-state index in [1.807, 2.05) is 0 Å². The minimum absolute atomic E-state index is 0.281. The van der Waals surface area contributed by atoms with Gasteiger partial charge in [0.25, 0.3) is 0 Å². The van der Waals surface area contributed by atoms with E-state index in [-0.39, 0.29) is 5.56 Å². The van der Waals surface area contributed by atoms with Crippen molar-refractivity contribution in [1.29, 1.82) is 0 Å². The summed E-state index contributed by atoms with van der Waals surface area (Å²) in [5.74, 6) is -2.49. The molecule has 130 valence electrons. The molecule has 0 spiro atoms. The highest BCUT2D eigenvalue weighted by Gasteiger charge is 2.26. The molecule has 0 bridgehead atoms. The van der Waals surface area contributed by atoms with Gasteiger partial charge in [-0.05, 0) is 49.8 Å². The van der Waals surface area contributed by atoms with Crippen molar-refractivity contribution in [1.82, 2.24) is 0 Å². The van der Waals surface area contributed by atoms with E-state index in [1.165, 1.54) is 6.07 Å². The van der Waals surface area contributed by atoms with Crippen LogP contribution in [0.1, 0.15) is 25.0 Å². The van der Waals surface area contributed by atoms with Crippen LogP contribution in [0.5, 0.6) is 0 Å². The third kappa shape index (κ3) is 4.29. The summed E-state index contributed by atoms with van der Waals surface area (Å²) in [6, 6.07) is 10.1. The van der Waals surface area contributed by atoms with Gasteiger partial charge >= 0.3 is 0 Å². The van der Waals surface area contributed by atoms with Gasteiger partial charge in [0.05, 0.1) is 5.41 Å². The van der Waals surface area contributed by atoms with Crippen molar-refractivity contribution >= 4 is 23.6 Å². The highest BCUT2D eigenvalue weighted by Crippen LogP contribution is 2.24. The van der Waals surface area contributed by atoms with E-state index in [1.54, 1.807) is 38.1 Å². The summed E-state index contributed by atoms with van der Waals surface area (Å²) in [5.41, 5.74) is 5.44. The molecule has 0 saturated heterocycles. The summed E-state index contributed by atoms with van der Waals surface area (Å²) in [5, 5.41) is 2.57. The van der Waals surface area contributed by atoms with Gasteiger partial charge in [0.15, 0.2) is 0 Å². The summed E-state index contributed by atoms with van der Waals surface area (Å²) in [7, 11) is 0. The Labute approximate surface area is 144 Å². The fourth-order valence-corrected chi connectivity index (χ4v) is 2.13. The van der Waals surface area contributed by atoms with Crippen molar-refractivity contribution in [2.45, 2.75) is 19.3 Å². The molecule has 0 atom stereocenters. The van der Waals surface area contributed by atoms with Gasteiger partial charge in [0, 0.05) is 17.3 Å². The van der Waals surface area contributed by atoms with Crippen molar-refractivity contribution in [3.63, 3.8) is 0 Å². The molecule has 2 rings (SSSR count). The SMILES string of the molecule is CC(C)(C(N)=O)c1ccc(NC(=O)C=Cc2c(F)cccc2F)cc1. The number of hydrogen-bond acceptors (Lipinski definition) is 2. The third-order valence-corrected chi connectivity index (χ3v) is 3.89. The lowest BCUT2D eigenvalue weighted by Crippen LogP contribution is -2.35. The Hall–Kier alpha value is -3.02. The standard InChI is InChI=1S/C19H18F2N2O2/c1-19(2,18(22)25)12-6-8-13(9-7-12)23-17(24)11-10-14-15(20)4-3-5-16(14)21/h3-11H,1-2H3,(H2,22,25)(H,23,24). The predicted octanol–water partition coefficient (Wildman–Crippen LogP) is 3.38. The van der Waals surface area contributed by atoms with Gasteiger partial charge < -0.3 is 11.1 Å². The van der Waals surface area contributed by atoms with Crippen LogP contribution in [-0.4, -0.2) is 11.8 Å². The van der Waals surface area contributed by atoms with Gasteiger partial charge in [-0.1, -0.05) is 18.2 Å². The highest BCUT2D eigenvalue weighted by atomic mass is 19.1. The van der Waals surface area contributed by atoms with Gasteiger partial charge in [-0.2, -0.15) is 0 Å². The molecular weight excluding hydrogens is 326 g/mol. The fraction of sp³-hybridized carbons (Fsp3) is 0.158. The Kier molecular flexibility index (Phi) is 5.32. The first kappa shape index (κ1) is 18.3. The van der Waals surface area contributed by atoms with Crippen LogP contribution < -0.4 is 11.1 Å². The van der Waals surface area contributed by atoms with Crippen LogP contribution in [0.15, 0.2) is 48.5 Å². The van der Waals surface area contributed by atoms with Gasteiger partial charge in [-0.15, -0.1) is 0 Å². The minimum Gasteiger partial charge on any atom is -0.369 e. The third-order valence-electron chi connectivity index (χ3n) is 3.89. The van der Waals surface area contributed by atoms with E-state index in [0.29, 0.717) is 11.3 Å². The van der Waals surface area contributed by atoms with Crippen LogP contribution in [0.3, 0.4) is 0 Å². The van der Waals surface area contributed by atoms with E-state index in [4.69, 9.17) is 5.73 Å². The van der Waals surface area contributed by atoms with Crippen LogP contribution >= 0.6 is 0 Å². The maximum Gasteiger partial charge on any atom is 0.248 e. The molecule has 6 heteroatoms. The quantitative estimate of drug-likeness (QED) is 0.816. The van der Waals surface area contributed by atoms with Crippen molar-refractivity contribution in [3.8, 4) is 0 Å². The van der Waals surface area contributed by atoms with Crippen LogP contribution in [-0.2, 0) is 15.0 Å². The largest absolute Gasteiger partial charge is 0.369 e. The zero-order chi connectivity index (χ0) is 18.6. The molecule has 0 aliphatic rings. The molecule has 0 aliphatic heterocycles. The summed E-state index contributed by atoms with van der Waals surface area (Å²) in [6.45, 7) is 3.41. The molecule has 2 aromatic rings. The molecule has 2 aromatic carbocycles. The normalized spacial score (nSPS) is 11.5. The van der Waals surface area contributed by atoms with Crippen molar-refractivity contribution < 1.29 is 18.4 Å². The predicted molar refractivity (Wildman–Crippen MR) is 92.7 cm³/mol. The number of amides is 2. The zero-order valence-corrected chi connectivity index (χ0v) is 13.8. The zero-order valence-electron chi connectivity index (χ0n) is 13.8. The number of anilines is 1. The topological polar surface area (TPSA) is 72.2 Å². The molecular formula is C19H18F2N2O2. The molecule has 4 nitrogen and oxygen atoms in total. The Morgan fingerprint density at radius 2 is 1.60 bits per heavy atom. The van der Waals surface area contributed by atoms with Crippen LogP contribution in [0.2, 0.25) is 0 Å². The molecule has 3 N–H and O–H groups in total. The van der Waals surface area contributed by atoms with Gasteiger partial charge in [-0.3, -0.25) is 9.59 Å². The number of nitrogens with one attached hydrogen (secondary N) is 1. The minimum atomic E-state index is -0.829. The van der Waals surface area contributed by atoms with E-state index < -0.39 is 28.9 Å². The van der Waals surface area contributed by atoms with E-state index in [2.05, 4.69) is 5.32 Å². The molecule has 0 unspecified atom stereocenters. The molecule has 0 radical (unpaired) electrons. The van der Waals surface area contributed by atoms with E-state index >= 15 is 0 Å². The lowest BCUT2D eigenvalue weighted by atomic mass is 9.84. The van der Waals surface area contributed by atoms with Crippen molar-refractivity contribution in [2.24, 2.45) is 5.73 Å². The summed E-state index contributed by atoms with van der Waals surface area (Å²) in [6.07, 6.45) is 2.12. The van der Waals surface area contributed by atoms with Crippen LogP contribution in [0.25, 0.3) is 6.08 Å². The van der Waals surface area contributed by atoms with Crippen molar-refractivity contribution in [3.05, 3.63) is 71.3 Å². The van der Waals surface area contributed by atoms with Gasteiger partial charge in [0.2, 0.25) is 11.8 Å². The van der Waals surface area contributed by atoms with E-state index in [0.717, 1.165) is 24.3 Å². The average Bonchev–Trinajstić information content (AvgIpc) is 2.54. The Balaban J connectivity index is 2.09. The number of carbonyl (C=O) groups is 2. The molecule has 0 aromatic heterocycles. The van der Waals surface area contributed by atoms with Gasteiger partial charge in [-0.25, -0.2) is 8.78 Å². The Bertz CT molecular complexity index is 808. The monoisotopic (exact) mass is 344 g/mol. The van der Waals surface area contributed by atoms with Gasteiger partial charge in [0.1, 0.15) is 11.6 Å². The lowest BCUT2D eigenvalue weighted by Gasteiger charge is -2.21. The molecule has 0 aliphatic carbocycles. The fourth-order valence-electron chi connectivity index (χ4n) is 2.13. The second-order valence-electron chi connectivity index (χ2n) is 6.02. The first-order valence-electron chi connectivity index (χ1n) is 7.55.